The van der Waals surface area contributed by atoms with Gasteiger partial charge in [-0.3, -0.25) is 0 Å². The summed E-state index contributed by atoms with van der Waals surface area (Å²) < 4.78 is 34.9. The molecular weight excluding hydrogens is 352 g/mol. The van der Waals surface area contributed by atoms with Crippen molar-refractivity contribution in [3.63, 3.8) is 0 Å². The van der Waals surface area contributed by atoms with Gasteiger partial charge < -0.3 is 4.74 Å². The Labute approximate surface area is 145 Å². The molecule has 0 N–H and O–H groups in total. The highest BCUT2D eigenvalue weighted by Gasteiger charge is 2.49. The first-order valence-electron chi connectivity index (χ1n) is 7.93. The van der Waals surface area contributed by atoms with Gasteiger partial charge in [0.15, 0.2) is 5.65 Å². The van der Waals surface area contributed by atoms with Gasteiger partial charge in [-0.25, -0.2) is 17.9 Å². The van der Waals surface area contributed by atoms with E-state index < -0.39 is 10.0 Å². The molecule has 0 saturated carbocycles. The SMILES string of the molecule is Cc1nn2cc(S(=O)(=O)N3CCC[C@@]4(C)COC[C@@H]34)cnc2c1Cl. The summed E-state index contributed by atoms with van der Waals surface area (Å²) in [6, 6.07) is -0.130. The monoisotopic (exact) mass is 370 g/mol. The average Bonchev–Trinajstić information content (AvgIpc) is 3.07. The smallest absolute Gasteiger partial charge is 0.246 e. The van der Waals surface area contributed by atoms with Crippen molar-refractivity contribution in [3.8, 4) is 0 Å². The summed E-state index contributed by atoms with van der Waals surface area (Å²) in [5, 5.41) is 4.67. The van der Waals surface area contributed by atoms with Crippen molar-refractivity contribution in [3.05, 3.63) is 23.1 Å². The molecule has 2 aromatic rings. The van der Waals surface area contributed by atoms with Gasteiger partial charge in [-0.2, -0.15) is 9.40 Å². The van der Waals surface area contributed by atoms with Crippen LogP contribution in [0.5, 0.6) is 0 Å². The molecule has 2 saturated heterocycles. The fourth-order valence-corrected chi connectivity index (χ4v) is 5.60. The van der Waals surface area contributed by atoms with Crippen molar-refractivity contribution in [2.24, 2.45) is 5.41 Å². The van der Waals surface area contributed by atoms with Crippen LogP contribution in [0.4, 0.5) is 0 Å². The summed E-state index contributed by atoms with van der Waals surface area (Å²) in [6.45, 7) is 5.41. The molecule has 2 aliphatic heterocycles. The summed E-state index contributed by atoms with van der Waals surface area (Å²) >= 11 is 6.13. The van der Waals surface area contributed by atoms with E-state index >= 15 is 0 Å². The third-order valence-corrected chi connectivity index (χ3v) is 7.45. The number of aryl methyl sites for hydroxylation is 1. The lowest BCUT2D eigenvalue weighted by molar-refractivity contribution is 0.123. The van der Waals surface area contributed by atoms with Crippen LogP contribution >= 0.6 is 11.6 Å². The largest absolute Gasteiger partial charge is 0.379 e. The number of sulfonamides is 1. The van der Waals surface area contributed by atoms with Gasteiger partial charge in [0.1, 0.15) is 9.92 Å². The molecule has 0 aliphatic carbocycles. The molecule has 0 amide bonds. The molecule has 7 nitrogen and oxygen atoms in total. The zero-order valence-electron chi connectivity index (χ0n) is 13.6. The maximum atomic E-state index is 13.2. The van der Waals surface area contributed by atoms with Gasteiger partial charge in [-0.15, -0.1) is 0 Å². The Bertz CT molecular complexity index is 913. The highest BCUT2D eigenvalue weighted by Crippen LogP contribution is 2.42. The number of hydrogen-bond acceptors (Lipinski definition) is 5. The molecule has 0 bridgehead atoms. The summed E-state index contributed by atoms with van der Waals surface area (Å²) in [5.41, 5.74) is 0.961. The van der Waals surface area contributed by atoms with E-state index in [2.05, 4.69) is 17.0 Å². The lowest BCUT2D eigenvalue weighted by atomic mass is 9.78. The van der Waals surface area contributed by atoms with E-state index in [0.29, 0.717) is 36.1 Å². The first kappa shape index (κ1) is 16.3. The van der Waals surface area contributed by atoms with E-state index in [-0.39, 0.29) is 16.4 Å². The zero-order valence-corrected chi connectivity index (χ0v) is 15.1. The summed E-state index contributed by atoms with van der Waals surface area (Å²) in [5.74, 6) is 0. The summed E-state index contributed by atoms with van der Waals surface area (Å²) in [7, 11) is -3.66. The van der Waals surface area contributed by atoms with Gasteiger partial charge in [0.05, 0.1) is 37.3 Å². The van der Waals surface area contributed by atoms with Crippen molar-refractivity contribution >= 4 is 27.3 Å². The quantitative estimate of drug-likeness (QED) is 0.806. The van der Waals surface area contributed by atoms with Crippen LogP contribution in [-0.2, 0) is 14.8 Å². The number of nitrogens with zero attached hydrogens (tertiary/aromatic N) is 4. The Kier molecular flexibility index (Phi) is 3.65. The van der Waals surface area contributed by atoms with E-state index in [4.69, 9.17) is 16.3 Å². The van der Waals surface area contributed by atoms with Crippen molar-refractivity contribution in [2.45, 2.75) is 37.6 Å². The molecule has 0 unspecified atom stereocenters. The Hall–Kier alpha value is -1.22. The highest BCUT2D eigenvalue weighted by atomic mass is 35.5. The second-order valence-corrected chi connectivity index (χ2v) is 9.13. The van der Waals surface area contributed by atoms with Crippen LogP contribution in [0, 0.1) is 12.3 Å². The molecule has 2 aliphatic rings. The van der Waals surface area contributed by atoms with Crippen LogP contribution < -0.4 is 0 Å². The summed E-state index contributed by atoms with van der Waals surface area (Å²) in [4.78, 5) is 4.33. The van der Waals surface area contributed by atoms with Crippen LogP contribution in [0.3, 0.4) is 0 Å². The van der Waals surface area contributed by atoms with Gasteiger partial charge >= 0.3 is 0 Å². The number of fused-ring (bicyclic) bond motifs is 2. The maximum Gasteiger partial charge on any atom is 0.246 e. The van der Waals surface area contributed by atoms with Gasteiger partial charge in [0.2, 0.25) is 10.0 Å². The molecule has 4 rings (SSSR count). The van der Waals surface area contributed by atoms with Crippen molar-refractivity contribution in [1.82, 2.24) is 18.9 Å². The standard InChI is InChI=1S/C15H19ClN4O3S/c1-10-13(16)14-17-6-11(7-19(14)18-10)24(21,22)20-5-3-4-15(2)9-23-8-12(15)20/h6-7,12H,3-5,8-9H2,1-2H3/t12-,15+/m1/s1. The van der Waals surface area contributed by atoms with Gasteiger partial charge in [-0.05, 0) is 19.8 Å². The topological polar surface area (TPSA) is 76.8 Å². The number of hydrogen-bond donors (Lipinski definition) is 0. The Morgan fingerprint density at radius 2 is 2.25 bits per heavy atom. The molecule has 2 fully saturated rings. The Morgan fingerprint density at radius 3 is 3.04 bits per heavy atom. The first-order chi connectivity index (χ1) is 11.3. The first-order valence-corrected chi connectivity index (χ1v) is 9.75. The Morgan fingerprint density at radius 1 is 1.46 bits per heavy atom. The molecule has 4 heterocycles. The van der Waals surface area contributed by atoms with Gasteiger partial charge in [0.25, 0.3) is 0 Å². The fraction of sp³-hybridized carbons (Fsp3) is 0.600. The molecular formula is C15H19ClN4O3S. The third-order valence-electron chi connectivity index (χ3n) is 5.14. The second-order valence-electron chi connectivity index (χ2n) is 6.86. The number of piperidine rings is 1. The van der Waals surface area contributed by atoms with Crippen LogP contribution in [0.1, 0.15) is 25.5 Å². The minimum Gasteiger partial charge on any atom is -0.379 e. The summed E-state index contributed by atoms with van der Waals surface area (Å²) in [6.07, 6.45) is 4.66. The van der Waals surface area contributed by atoms with E-state index in [9.17, 15) is 8.42 Å². The number of rotatable bonds is 2. The van der Waals surface area contributed by atoms with Crippen molar-refractivity contribution in [2.75, 3.05) is 19.8 Å². The predicted molar refractivity (Wildman–Crippen MR) is 88.6 cm³/mol. The molecule has 24 heavy (non-hydrogen) atoms. The lowest BCUT2D eigenvalue weighted by Gasteiger charge is -2.41. The highest BCUT2D eigenvalue weighted by molar-refractivity contribution is 7.89. The van der Waals surface area contributed by atoms with Crippen LogP contribution in [0.15, 0.2) is 17.3 Å². The maximum absolute atomic E-state index is 13.2. The van der Waals surface area contributed by atoms with Crippen LogP contribution in [0.2, 0.25) is 5.02 Å². The van der Waals surface area contributed by atoms with Crippen LogP contribution in [-0.4, -0.2) is 53.1 Å². The van der Waals surface area contributed by atoms with Gasteiger partial charge in [0, 0.05) is 12.0 Å². The molecule has 0 aromatic carbocycles. The van der Waals surface area contributed by atoms with Crippen LogP contribution in [0.25, 0.3) is 5.65 Å². The molecule has 0 radical (unpaired) electrons. The Balaban J connectivity index is 1.77. The lowest BCUT2D eigenvalue weighted by Crippen LogP contribution is -2.52. The predicted octanol–water partition coefficient (Wildman–Crippen LogP) is 1.88. The molecule has 0 spiro atoms. The van der Waals surface area contributed by atoms with E-state index in [1.54, 1.807) is 11.2 Å². The molecule has 130 valence electrons. The molecule has 9 heteroatoms. The van der Waals surface area contributed by atoms with Crippen molar-refractivity contribution in [1.29, 1.82) is 0 Å². The number of halogens is 1. The fourth-order valence-electron chi connectivity index (χ4n) is 3.72. The molecule has 2 atom stereocenters. The number of aromatic nitrogens is 3. The van der Waals surface area contributed by atoms with E-state index in [1.807, 2.05) is 0 Å². The normalized spacial score (nSPS) is 28.4. The van der Waals surface area contributed by atoms with Crippen molar-refractivity contribution < 1.29 is 13.2 Å². The van der Waals surface area contributed by atoms with E-state index in [1.165, 1.54) is 16.9 Å². The van der Waals surface area contributed by atoms with E-state index in [0.717, 1.165) is 12.8 Å². The number of ether oxygens (including phenoxy) is 1. The minimum absolute atomic E-state index is 0.117. The van der Waals surface area contributed by atoms with Gasteiger partial charge in [-0.1, -0.05) is 18.5 Å². The molecule has 2 aromatic heterocycles. The third kappa shape index (κ3) is 2.28. The average molecular weight is 371 g/mol. The second kappa shape index (κ2) is 5.39. The zero-order chi connectivity index (χ0) is 17.1. The minimum atomic E-state index is -3.66.